The number of ether oxygens (including phenoxy) is 1. The van der Waals surface area contributed by atoms with Crippen molar-refractivity contribution in [1.82, 2.24) is 0 Å². The summed E-state index contributed by atoms with van der Waals surface area (Å²) in [6.45, 7) is 4.65. The fourth-order valence-corrected chi connectivity index (χ4v) is 7.63. The second-order valence-electron chi connectivity index (χ2n) is 11.4. The molecule has 0 saturated carbocycles. The number of carbonyl (C=O) groups is 1. The first-order valence-corrected chi connectivity index (χ1v) is 15.9. The van der Waals surface area contributed by atoms with Gasteiger partial charge < -0.3 is 4.74 Å². The molecule has 2 unspecified atom stereocenters. The summed E-state index contributed by atoms with van der Waals surface area (Å²) in [4.78, 5) is 14.0. The number of ketones is 1. The molecule has 0 saturated heterocycles. The van der Waals surface area contributed by atoms with Crippen molar-refractivity contribution in [1.29, 1.82) is 0 Å². The van der Waals surface area contributed by atoms with Gasteiger partial charge in [-0.1, -0.05) is 55.8 Å². The minimum atomic E-state index is -3.41. The second-order valence-corrected chi connectivity index (χ2v) is 13.8. The van der Waals surface area contributed by atoms with Gasteiger partial charge in [-0.05, 0) is 96.2 Å². The quantitative estimate of drug-likeness (QED) is 0.267. The maximum absolute atomic E-state index is 13.7. The van der Waals surface area contributed by atoms with E-state index in [2.05, 4.69) is 26.0 Å². The molecule has 0 aliphatic heterocycles. The van der Waals surface area contributed by atoms with E-state index < -0.39 is 9.84 Å². The molecule has 0 radical (unpaired) electrons. The summed E-state index contributed by atoms with van der Waals surface area (Å²) >= 11 is 5.94. The number of Topliss-reactive ketones (excluding diaryl/α,β-unsaturated/α-hetero) is 1. The Balaban J connectivity index is 1.32. The first-order valence-electron chi connectivity index (χ1n) is 13.8. The van der Waals surface area contributed by atoms with Crippen LogP contribution in [0.3, 0.4) is 0 Å². The van der Waals surface area contributed by atoms with E-state index in [1.165, 1.54) is 17.7 Å². The fraction of sp³-hybridized carbons (Fsp3) is 0.364. The van der Waals surface area contributed by atoms with Crippen LogP contribution in [-0.4, -0.2) is 26.6 Å². The number of hydrogen-bond acceptors (Lipinski definition) is 4. The molecule has 4 nitrogen and oxygen atoms in total. The van der Waals surface area contributed by atoms with Crippen LogP contribution in [0, 0.1) is 23.6 Å². The van der Waals surface area contributed by atoms with Crippen molar-refractivity contribution in [2.45, 2.75) is 50.8 Å². The lowest BCUT2D eigenvalue weighted by Crippen LogP contribution is -2.24. The Morgan fingerprint density at radius 1 is 1.00 bits per heavy atom. The molecule has 7 heteroatoms. The Morgan fingerprint density at radius 3 is 2.42 bits per heavy atom. The summed E-state index contributed by atoms with van der Waals surface area (Å²) in [7, 11) is -3.41. The number of carbonyl (C=O) groups excluding carboxylic acids is 1. The number of hydrogen-bond donors (Lipinski definition) is 0. The minimum absolute atomic E-state index is 0.0272. The Morgan fingerprint density at radius 2 is 1.73 bits per heavy atom. The van der Waals surface area contributed by atoms with Crippen LogP contribution in [0.5, 0.6) is 0 Å². The highest BCUT2D eigenvalue weighted by molar-refractivity contribution is 7.91. The van der Waals surface area contributed by atoms with Crippen LogP contribution in [-0.2, 0) is 38.6 Å². The standard InChI is InChI=1S/C33H34ClFO4S/c1-21(2)19-39-31-18-26(33(36)32(31)23-7-11-28(35)12-8-23)17-25-5-3-4-24-16-22(6-15-30(24)25)20-40(37,38)29-13-9-27(34)10-14-29/h3-5,7-14,21-22,26H,6,15-20H2,1-2H3. The minimum Gasteiger partial charge on any atom is -0.497 e. The first-order chi connectivity index (χ1) is 19.1. The number of fused-ring (bicyclic) bond motifs is 1. The highest BCUT2D eigenvalue weighted by Crippen LogP contribution is 2.39. The van der Waals surface area contributed by atoms with Crippen LogP contribution in [0.25, 0.3) is 5.57 Å². The fourth-order valence-electron chi connectivity index (χ4n) is 5.85. The predicted molar refractivity (Wildman–Crippen MR) is 156 cm³/mol. The molecule has 0 fully saturated rings. The summed E-state index contributed by atoms with van der Waals surface area (Å²) in [6.07, 6.45) is 3.36. The van der Waals surface area contributed by atoms with Gasteiger partial charge in [0.2, 0.25) is 0 Å². The molecule has 2 aliphatic rings. The van der Waals surface area contributed by atoms with E-state index in [0.717, 1.165) is 24.0 Å². The maximum Gasteiger partial charge on any atom is 0.178 e. The molecule has 5 rings (SSSR count). The largest absolute Gasteiger partial charge is 0.497 e. The van der Waals surface area contributed by atoms with Gasteiger partial charge in [0, 0.05) is 17.4 Å². The van der Waals surface area contributed by atoms with Crippen LogP contribution in [0.2, 0.25) is 5.02 Å². The highest BCUT2D eigenvalue weighted by atomic mass is 35.5. The molecule has 3 aromatic rings. The summed E-state index contributed by atoms with van der Waals surface area (Å²) in [6, 6.07) is 18.6. The van der Waals surface area contributed by atoms with Gasteiger partial charge in [0.15, 0.2) is 15.6 Å². The van der Waals surface area contributed by atoms with Gasteiger partial charge in [-0.15, -0.1) is 0 Å². The molecule has 0 spiro atoms. The van der Waals surface area contributed by atoms with Gasteiger partial charge in [0.05, 0.1) is 22.8 Å². The van der Waals surface area contributed by atoms with Gasteiger partial charge in [0.25, 0.3) is 0 Å². The molecule has 3 aromatic carbocycles. The smallest absolute Gasteiger partial charge is 0.178 e. The third kappa shape index (κ3) is 6.34. The number of halogens is 2. The molecule has 0 heterocycles. The van der Waals surface area contributed by atoms with E-state index in [-0.39, 0.29) is 29.2 Å². The molecule has 0 aromatic heterocycles. The molecular weight excluding hydrogens is 547 g/mol. The lowest BCUT2D eigenvalue weighted by molar-refractivity contribution is -0.116. The second kappa shape index (κ2) is 11.9. The number of rotatable bonds is 9. The van der Waals surface area contributed by atoms with Gasteiger partial charge in [-0.25, -0.2) is 12.8 Å². The Bertz CT molecular complexity index is 1530. The normalized spacial score (nSPS) is 19.3. The van der Waals surface area contributed by atoms with Gasteiger partial charge in [0.1, 0.15) is 11.6 Å². The van der Waals surface area contributed by atoms with Crippen molar-refractivity contribution < 1.29 is 22.3 Å². The van der Waals surface area contributed by atoms with Crippen molar-refractivity contribution in [3.63, 3.8) is 0 Å². The zero-order valence-corrected chi connectivity index (χ0v) is 24.4. The van der Waals surface area contributed by atoms with E-state index in [4.69, 9.17) is 16.3 Å². The first kappa shape index (κ1) is 28.6. The lowest BCUT2D eigenvalue weighted by Gasteiger charge is -2.27. The maximum atomic E-state index is 13.7. The molecule has 40 heavy (non-hydrogen) atoms. The summed E-state index contributed by atoms with van der Waals surface area (Å²) in [5.74, 6) is 0.565. The lowest BCUT2D eigenvalue weighted by atomic mass is 9.80. The summed E-state index contributed by atoms with van der Waals surface area (Å²) < 4.78 is 45.8. The molecular formula is C33H34ClFO4S. The average Bonchev–Trinajstić information content (AvgIpc) is 3.22. The van der Waals surface area contributed by atoms with E-state index in [9.17, 15) is 17.6 Å². The van der Waals surface area contributed by atoms with Gasteiger partial charge >= 0.3 is 0 Å². The highest BCUT2D eigenvalue weighted by Gasteiger charge is 2.36. The van der Waals surface area contributed by atoms with Crippen molar-refractivity contribution in [2.24, 2.45) is 17.8 Å². The van der Waals surface area contributed by atoms with Crippen LogP contribution >= 0.6 is 11.6 Å². The molecule has 0 N–H and O–H groups in total. The zero-order chi connectivity index (χ0) is 28.4. The number of benzene rings is 3. The van der Waals surface area contributed by atoms with Crippen molar-refractivity contribution >= 4 is 32.8 Å². The van der Waals surface area contributed by atoms with Gasteiger partial charge in [-0.3, -0.25) is 4.79 Å². The molecule has 2 atom stereocenters. The van der Waals surface area contributed by atoms with Crippen LogP contribution in [0.4, 0.5) is 4.39 Å². The van der Waals surface area contributed by atoms with Gasteiger partial charge in [-0.2, -0.15) is 0 Å². The van der Waals surface area contributed by atoms with E-state index in [1.54, 1.807) is 36.4 Å². The zero-order valence-electron chi connectivity index (χ0n) is 22.8. The van der Waals surface area contributed by atoms with E-state index in [0.29, 0.717) is 58.6 Å². The topological polar surface area (TPSA) is 60.4 Å². The molecule has 210 valence electrons. The summed E-state index contributed by atoms with van der Waals surface area (Å²) in [5, 5.41) is 0.511. The van der Waals surface area contributed by atoms with Crippen molar-refractivity contribution in [3.05, 3.63) is 106 Å². The van der Waals surface area contributed by atoms with E-state index in [1.807, 2.05) is 6.07 Å². The SMILES string of the molecule is CC(C)COC1=C(c2ccc(F)cc2)C(=O)C(Cc2cccc3c2CCC(CS(=O)(=O)c2ccc(Cl)cc2)C3)C1. The number of sulfone groups is 1. The molecule has 0 bridgehead atoms. The van der Waals surface area contributed by atoms with Crippen molar-refractivity contribution in [3.8, 4) is 0 Å². The summed E-state index contributed by atoms with van der Waals surface area (Å²) in [5.41, 5.74) is 4.78. The van der Waals surface area contributed by atoms with Crippen LogP contribution in [0.1, 0.15) is 48.9 Å². The third-order valence-electron chi connectivity index (χ3n) is 7.83. The monoisotopic (exact) mass is 580 g/mol. The van der Waals surface area contributed by atoms with Crippen LogP contribution < -0.4 is 0 Å². The predicted octanol–water partition coefficient (Wildman–Crippen LogP) is 7.27. The van der Waals surface area contributed by atoms with Crippen molar-refractivity contribution in [2.75, 3.05) is 12.4 Å². The third-order valence-corrected chi connectivity index (χ3v) is 9.98. The number of allylic oxidation sites excluding steroid dienone is 2. The Labute approximate surface area is 241 Å². The average molecular weight is 581 g/mol. The Hall–Kier alpha value is -2.96. The van der Waals surface area contributed by atoms with Crippen LogP contribution in [0.15, 0.2) is 77.4 Å². The molecule has 0 amide bonds. The molecule has 2 aliphatic carbocycles. The van der Waals surface area contributed by atoms with E-state index >= 15 is 0 Å². The Kier molecular flexibility index (Phi) is 8.48.